The zero-order chi connectivity index (χ0) is 38.7. The number of ether oxygens (including phenoxy) is 4. The quantitative estimate of drug-likeness (QED) is 0.226. The lowest BCUT2D eigenvalue weighted by Crippen LogP contribution is -2.51. The molecule has 2 saturated heterocycles. The van der Waals surface area contributed by atoms with Crippen LogP contribution in [0.25, 0.3) is 11.1 Å². The topological polar surface area (TPSA) is 141 Å². The molecule has 2 N–H and O–H groups in total. The number of amides is 4. The van der Waals surface area contributed by atoms with E-state index in [9.17, 15) is 14.4 Å². The summed E-state index contributed by atoms with van der Waals surface area (Å²) in [6, 6.07) is 21.8. The van der Waals surface area contributed by atoms with Crippen molar-refractivity contribution in [3.8, 4) is 22.6 Å². The van der Waals surface area contributed by atoms with Crippen molar-refractivity contribution in [1.82, 2.24) is 4.90 Å². The first-order valence-electron chi connectivity index (χ1n) is 19.6. The number of nitrogens with two attached hydrogens (primary N) is 1. The minimum Gasteiger partial charge on any atom is -0.482 e. The summed E-state index contributed by atoms with van der Waals surface area (Å²) >= 11 is 0. The molecular formula is C43H52N4O8. The first-order chi connectivity index (χ1) is 26.4. The molecule has 0 radical (unpaired) electrons. The van der Waals surface area contributed by atoms with Crippen LogP contribution >= 0.6 is 0 Å². The third-order valence-electron chi connectivity index (χ3n) is 10.6. The molecule has 12 heteroatoms. The Kier molecular flexibility index (Phi) is 11.3. The van der Waals surface area contributed by atoms with Crippen molar-refractivity contribution >= 4 is 35.2 Å². The highest BCUT2D eigenvalue weighted by Gasteiger charge is 2.44. The van der Waals surface area contributed by atoms with Crippen molar-refractivity contribution in [2.75, 3.05) is 42.6 Å². The van der Waals surface area contributed by atoms with Crippen LogP contribution in [0.2, 0.25) is 0 Å². The number of anilines is 2. The lowest BCUT2D eigenvalue weighted by atomic mass is 9.78. The first-order valence-corrected chi connectivity index (χ1v) is 19.6. The monoisotopic (exact) mass is 752 g/mol. The highest BCUT2D eigenvalue weighted by atomic mass is 16.7. The molecule has 3 atom stereocenters. The third kappa shape index (κ3) is 9.24. The third-order valence-corrected chi connectivity index (χ3v) is 10.6. The maximum Gasteiger partial charge on any atom is 0.410 e. The average Bonchev–Trinajstić information content (AvgIpc) is 4.01. The fourth-order valence-corrected chi connectivity index (χ4v) is 7.75. The van der Waals surface area contributed by atoms with Crippen LogP contribution in [0.5, 0.6) is 11.5 Å². The lowest BCUT2D eigenvalue weighted by molar-refractivity contribution is -0.125. The first kappa shape index (κ1) is 38.2. The number of hydrogen-bond acceptors (Lipinski definition) is 8. The van der Waals surface area contributed by atoms with Crippen LogP contribution in [0, 0.1) is 5.92 Å². The summed E-state index contributed by atoms with van der Waals surface area (Å²) in [4.78, 5) is 58.1. The van der Waals surface area contributed by atoms with Gasteiger partial charge in [-0.1, -0.05) is 36.4 Å². The van der Waals surface area contributed by atoms with Gasteiger partial charge in [0.05, 0.1) is 18.2 Å². The molecule has 7 rings (SSSR count). The molecule has 3 fully saturated rings. The van der Waals surface area contributed by atoms with Gasteiger partial charge in [-0.25, -0.2) is 4.79 Å². The molecule has 292 valence electrons. The van der Waals surface area contributed by atoms with E-state index >= 15 is 4.79 Å². The van der Waals surface area contributed by atoms with E-state index in [0.29, 0.717) is 43.1 Å². The Balaban J connectivity index is 1.18. The van der Waals surface area contributed by atoms with Crippen LogP contribution in [0.1, 0.15) is 83.6 Å². The van der Waals surface area contributed by atoms with Gasteiger partial charge < -0.3 is 39.4 Å². The van der Waals surface area contributed by atoms with Crippen molar-refractivity contribution in [1.29, 1.82) is 0 Å². The van der Waals surface area contributed by atoms with Crippen LogP contribution in [-0.2, 0) is 23.9 Å². The number of likely N-dealkylation sites (tertiary alicyclic amines) is 1. The predicted molar refractivity (Wildman–Crippen MR) is 208 cm³/mol. The van der Waals surface area contributed by atoms with Crippen LogP contribution in [0.4, 0.5) is 16.2 Å². The number of carbonyl (C=O) groups excluding carboxylic acids is 4. The van der Waals surface area contributed by atoms with Gasteiger partial charge in [-0.3, -0.25) is 14.4 Å². The van der Waals surface area contributed by atoms with Crippen LogP contribution in [0.3, 0.4) is 0 Å². The maximum absolute atomic E-state index is 15.1. The summed E-state index contributed by atoms with van der Waals surface area (Å²) in [7, 11) is 0. The van der Waals surface area contributed by atoms with Gasteiger partial charge in [-0.2, -0.15) is 0 Å². The van der Waals surface area contributed by atoms with Crippen molar-refractivity contribution in [2.45, 2.75) is 96.0 Å². The highest BCUT2D eigenvalue weighted by molar-refractivity contribution is 6.01. The number of primary amides is 1. The Labute approximate surface area is 322 Å². The van der Waals surface area contributed by atoms with E-state index in [4.69, 9.17) is 24.7 Å². The molecule has 0 spiro atoms. The fourth-order valence-electron chi connectivity index (χ4n) is 7.75. The predicted octanol–water partition coefficient (Wildman–Crippen LogP) is 6.79. The van der Waals surface area contributed by atoms with Gasteiger partial charge in [0.2, 0.25) is 11.8 Å². The van der Waals surface area contributed by atoms with E-state index < -0.39 is 23.5 Å². The minimum absolute atomic E-state index is 0.0160. The van der Waals surface area contributed by atoms with E-state index in [-0.39, 0.29) is 49.6 Å². The van der Waals surface area contributed by atoms with Gasteiger partial charge in [0.15, 0.2) is 12.9 Å². The zero-order valence-electron chi connectivity index (χ0n) is 32.0. The van der Waals surface area contributed by atoms with Crippen molar-refractivity contribution in [2.24, 2.45) is 11.7 Å². The van der Waals surface area contributed by atoms with Crippen LogP contribution in [0.15, 0.2) is 66.7 Å². The summed E-state index contributed by atoms with van der Waals surface area (Å²) in [5.41, 5.74) is 8.98. The Morgan fingerprint density at radius 3 is 2.45 bits per heavy atom. The van der Waals surface area contributed by atoms with Crippen molar-refractivity contribution < 1.29 is 38.1 Å². The Morgan fingerprint density at radius 1 is 0.945 bits per heavy atom. The summed E-state index contributed by atoms with van der Waals surface area (Å²) in [6.45, 7) is 7.08. The molecule has 4 aliphatic rings. The van der Waals surface area contributed by atoms with Gasteiger partial charge in [0.1, 0.15) is 17.1 Å². The second-order valence-electron chi connectivity index (χ2n) is 16.0. The number of fused-ring (bicyclic) bond motifs is 1. The molecule has 1 aliphatic carbocycles. The summed E-state index contributed by atoms with van der Waals surface area (Å²) < 4.78 is 23.4. The Bertz CT molecular complexity index is 1880. The summed E-state index contributed by atoms with van der Waals surface area (Å²) in [5, 5.41) is 0. The van der Waals surface area contributed by atoms with E-state index in [1.807, 2.05) is 68.1 Å². The molecule has 12 nitrogen and oxygen atoms in total. The van der Waals surface area contributed by atoms with Crippen LogP contribution < -0.4 is 25.0 Å². The molecule has 4 amide bonds. The number of benzene rings is 3. The number of carbonyl (C=O) groups is 4. The van der Waals surface area contributed by atoms with Crippen LogP contribution in [-0.4, -0.2) is 79.5 Å². The molecule has 3 aliphatic heterocycles. The number of hydrogen-bond donors (Lipinski definition) is 1. The SMILES string of the molecule is CC(C)(C)OC(=O)N1CC[C@H](c2cccc(-c3ccc(OC4CCCCO4)cc3)c2)C(C(=O)N(c2ccc3c(c2)N(CCCC(N)=O)C(=O)CO3)C2CC2)C1. The van der Waals surface area contributed by atoms with Gasteiger partial charge in [-0.05, 0) is 112 Å². The second-order valence-corrected chi connectivity index (χ2v) is 16.0. The van der Waals surface area contributed by atoms with E-state index in [2.05, 4.69) is 18.2 Å². The van der Waals surface area contributed by atoms with Gasteiger partial charge >= 0.3 is 6.09 Å². The number of piperidine rings is 1. The van der Waals surface area contributed by atoms with Crippen molar-refractivity contribution in [3.63, 3.8) is 0 Å². The largest absolute Gasteiger partial charge is 0.482 e. The molecule has 0 bridgehead atoms. The van der Waals surface area contributed by atoms with E-state index in [0.717, 1.165) is 61.2 Å². The second kappa shape index (κ2) is 16.3. The van der Waals surface area contributed by atoms with Crippen molar-refractivity contribution in [3.05, 3.63) is 72.3 Å². The lowest BCUT2D eigenvalue weighted by Gasteiger charge is -2.41. The van der Waals surface area contributed by atoms with Gasteiger partial charge in [-0.15, -0.1) is 0 Å². The molecule has 3 aromatic carbocycles. The standard InChI is InChI=1S/C43H52N4O8/c1-43(2,3)55-42(51)45-22-20-34(30-9-6-8-29(24-30)28-12-17-33(18-13-28)54-40-11-4-5-23-52-40)35(26-45)41(50)47(31-14-15-31)32-16-19-37-36(25-32)46(39(49)27-53-37)21-7-10-38(44)48/h6,8-9,12-13,16-19,24-25,31,34-35,40H,4-5,7,10-11,14-15,20-23,26-27H2,1-3H3,(H2,44,48)/t34-,35?,40?/m1/s1. The van der Waals surface area contributed by atoms with Gasteiger partial charge in [0, 0.05) is 44.2 Å². The highest BCUT2D eigenvalue weighted by Crippen LogP contribution is 2.43. The molecular weight excluding hydrogens is 700 g/mol. The molecule has 3 aromatic rings. The number of rotatable bonds is 11. The molecule has 55 heavy (non-hydrogen) atoms. The fraction of sp³-hybridized carbons (Fsp3) is 0.488. The maximum atomic E-state index is 15.1. The normalized spacial score (nSPS) is 21.3. The summed E-state index contributed by atoms with van der Waals surface area (Å²) in [6.07, 6.45) is 5.20. The van der Waals surface area contributed by atoms with Gasteiger partial charge in [0.25, 0.3) is 5.91 Å². The van der Waals surface area contributed by atoms with E-state index in [1.165, 1.54) is 0 Å². The Hall–Kier alpha value is -5.10. The minimum atomic E-state index is -0.683. The number of nitrogens with zero attached hydrogens (tertiary/aromatic N) is 3. The summed E-state index contributed by atoms with van der Waals surface area (Å²) in [5.74, 6) is -0.175. The smallest absolute Gasteiger partial charge is 0.410 e. The zero-order valence-corrected chi connectivity index (χ0v) is 32.0. The molecule has 3 heterocycles. The average molecular weight is 753 g/mol. The Morgan fingerprint density at radius 2 is 1.75 bits per heavy atom. The van der Waals surface area contributed by atoms with E-state index in [1.54, 1.807) is 15.9 Å². The molecule has 0 aromatic heterocycles. The molecule has 1 saturated carbocycles. The molecule has 2 unspecified atom stereocenters.